The molecular weight excluding hydrogens is 168 g/mol. The maximum absolute atomic E-state index is 11.7. The molecule has 0 saturated heterocycles. The van der Waals surface area contributed by atoms with Crippen LogP contribution in [-0.4, -0.2) is 17.9 Å². The van der Waals surface area contributed by atoms with Gasteiger partial charge in [-0.05, 0) is 6.42 Å². The summed E-state index contributed by atoms with van der Waals surface area (Å²) in [6, 6.07) is -1.11. The Kier molecular flexibility index (Phi) is 3.91. The Balaban J connectivity index is 4.41. The summed E-state index contributed by atoms with van der Waals surface area (Å²) in [7, 11) is 0. The van der Waals surface area contributed by atoms with Crippen molar-refractivity contribution >= 4 is 11.8 Å². The summed E-state index contributed by atoms with van der Waals surface area (Å²) in [5, 5.41) is 2.43. The number of amides is 2. The van der Waals surface area contributed by atoms with Crippen molar-refractivity contribution in [2.75, 3.05) is 0 Å². The second-order valence-corrected chi connectivity index (χ2v) is 4.08. The van der Waals surface area contributed by atoms with Crippen molar-refractivity contribution in [1.82, 2.24) is 5.32 Å². The molecule has 4 heteroatoms. The third-order valence-electron chi connectivity index (χ3n) is 1.78. The van der Waals surface area contributed by atoms with Crippen molar-refractivity contribution in [3.63, 3.8) is 0 Å². The summed E-state index contributed by atoms with van der Waals surface area (Å²) in [6.07, 6.45) is 0.568. The van der Waals surface area contributed by atoms with E-state index in [1.165, 1.54) is 0 Å². The van der Waals surface area contributed by atoms with Crippen molar-refractivity contribution in [3.8, 4) is 0 Å². The summed E-state index contributed by atoms with van der Waals surface area (Å²) < 4.78 is 0. The van der Waals surface area contributed by atoms with E-state index in [-0.39, 0.29) is 5.78 Å². The minimum absolute atomic E-state index is 0.00815. The second kappa shape index (κ2) is 4.25. The molecule has 1 unspecified atom stereocenters. The van der Waals surface area contributed by atoms with Crippen LogP contribution in [-0.2, 0) is 4.79 Å². The Morgan fingerprint density at radius 1 is 1.38 bits per heavy atom. The van der Waals surface area contributed by atoms with Crippen LogP contribution in [0.25, 0.3) is 0 Å². The molecule has 0 aromatic heterocycles. The summed E-state index contributed by atoms with van der Waals surface area (Å²) in [5.74, 6) is 0.00815. The Bertz CT molecular complexity index is 206. The van der Waals surface area contributed by atoms with Crippen LogP contribution in [0.1, 0.15) is 34.1 Å². The fourth-order valence-corrected chi connectivity index (χ4v) is 1.05. The number of rotatable bonds is 3. The fourth-order valence-electron chi connectivity index (χ4n) is 1.05. The number of ketones is 1. The number of carbonyl (C=O) groups is 2. The first-order valence-corrected chi connectivity index (χ1v) is 4.39. The van der Waals surface area contributed by atoms with E-state index < -0.39 is 17.5 Å². The lowest BCUT2D eigenvalue weighted by molar-refractivity contribution is -0.128. The van der Waals surface area contributed by atoms with Gasteiger partial charge in [-0.1, -0.05) is 27.7 Å². The number of hydrogen-bond donors (Lipinski definition) is 2. The Hall–Kier alpha value is -1.06. The summed E-state index contributed by atoms with van der Waals surface area (Å²) in [6.45, 7) is 7.30. The lowest BCUT2D eigenvalue weighted by Crippen LogP contribution is -2.47. The quantitative estimate of drug-likeness (QED) is 0.691. The first kappa shape index (κ1) is 11.9. The van der Waals surface area contributed by atoms with Crippen LogP contribution in [0.4, 0.5) is 4.79 Å². The van der Waals surface area contributed by atoms with Crippen LogP contribution in [0.15, 0.2) is 0 Å². The third kappa shape index (κ3) is 3.92. The molecular formula is C9H18N2O2. The van der Waals surface area contributed by atoms with Crippen molar-refractivity contribution in [1.29, 1.82) is 0 Å². The number of primary amides is 1. The van der Waals surface area contributed by atoms with Gasteiger partial charge in [0.25, 0.3) is 0 Å². The molecule has 0 aromatic rings. The molecule has 0 bridgehead atoms. The molecule has 0 spiro atoms. The maximum Gasteiger partial charge on any atom is 0.312 e. The Morgan fingerprint density at radius 3 is 2.08 bits per heavy atom. The SMILES string of the molecule is CCC(NC(N)=O)C(=O)C(C)(C)C. The van der Waals surface area contributed by atoms with Gasteiger partial charge in [-0.25, -0.2) is 4.79 Å². The second-order valence-electron chi connectivity index (χ2n) is 4.08. The maximum atomic E-state index is 11.7. The van der Waals surface area contributed by atoms with Gasteiger partial charge in [-0.15, -0.1) is 0 Å². The molecule has 0 aromatic carbocycles. The molecule has 0 fully saturated rings. The normalized spacial score (nSPS) is 13.5. The largest absolute Gasteiger partial charge is 0.352 e. The van der Waals surface area contributed by atoms with E-state index in [1.807, 2.05) is 27.7 Å². The zero-order chi connectivity index (χ0) is 10.6. The zero-order valence-electron chi connectivity index (χ0n) is 8.68. The monoisotopic (exact) mass is 186 g/mol. The number of urea groups is 1. The van der Waals surface area contributed by atoms with Gasteiger partial charge >= 0.3 is 6.03 Å². The highest BCUT2D eigenvalue weighted by Gasteiger charge is 2.28. The molecule has 0 aliphatic heterocycles. The van der Waals surface area contributed by atoms with Gasteiger partial charge in [-0.2, -0.15) is 0 Å². The first-order valence-electron chi connectivity index (χ1n) is 4.39. The highest BCUT2D eigenvalue weighted by molar-refractivity contribution is 5.91. The fraction of sp³-hybridized carbons (Fsp3) is 0.778. The average molecular weight is 186 g/mol. The smallest absolute Gasteiger partial charge is 0.312 e. The van der Waals surface area contributed by atoms with E-state index in [1.54, 1.807) is 0 Å². The molecule has 1 atom stereocenters. The summed E-state index contributed by atoms with van der Waals surface area (Å²) in [5.41, 5.74) is 4.51. The Labute approximate surface area is 78.9 Å². The van der Waals surface area contributed by atoms with Gasteiger partial charge in [0.1, 0.15) is 0 Å². The highest BCUT2D eigenvalue weighted by Crippen LogP contribution is 2.17. The number of nitrogens with two attached hydrogens (primary N) is 1. The molecule has 0 heterocycles. The number of hydrogen-bond acceptors (Lipinski definition) is 2. The third-order valence-corrected chi connectivity index (χ3v) is 1.78. The predicted molar refractivity (Wildman–Crippen MR) is 51.3 cm³/mol. The average Bonchev–Trinajstić information content (AvgIpc) is 1.96. The zero-order valence-corrected chi connectivity index (χ0v) is 8.68. The van der Waals surface area contributed by atoms with Gasteiger partial charge in [0.2, 0.25) is 0 Å². The summed E-state index contributed by atoms with van der Waals surface area (Å²) >= 11 is 0. The minimum Gasteiger partial charge on any atom is -0.352 e. The minimum atomic E-state index is -0.649. The highest BCUT2D eigenvalue weighted by atomic mass is 16.2. The standard InChI is InChI=1S/C9H18N2O2/c1-5-6(11-8(10)13)7(12)9(2,3)4/h6H,5H2,1-4H3,(H3,10,11,13). The molecule has 3 N–H and O–H groups in total. The van der Waals surface area contributed by atoms with Gasteiger partial charge in [0.15, 0.2) is 5.78 Å². The molecule has 13 heavy (non-hydrogen) atoms. The van der Waals surface area contributed by atoms with Crippen LogP contribution >= 0.6 is 0 Å². The van der Waals surface area contributed by atoms with Crippen LogP contribution in [0.3, 0.4) is 0 Å². The molecule has 2 amide bonds. The van der Waals surface area contributed by atoms with E-state index in [9.17, 15) is 9.59 Å². The number of nitrogens with one attached hydrogen (secondary N) is 1. The molecule has 0 rings (SSSR count). The van der Waals surface area contributed by atoms with Crippen LogP contribution in [0, 0.1) is 5.41 Å². The van der Waals surface area contributed by atoms with E-state index in [2.05, 4.69) is 5.32 Å². The molecule has 0 radical (unpaired) electrons. The van der Waals surface area contributed by atoms with E-state index in [0.29, 0.717) is 6.42 Å². The van der Waals surface area contributed by atoms with Crippen molar-refractivity contribution in [3.05, 3.63) is 0 Å². The lowest BCUT2D eigenvalue weighted by atomic mass is 9.85. The topological polar surface area (TPSA) is 72.2 Å². The lowest BCUT2D eigenvalue weighted by Gasteiger charge is -2.23. The van der Waals surface area contributed by atoms with Crippen LogP contribution in [0.5, 0.6) is 0 Å². The van der Waals surface area contributed by atoms with Gasteiger partial charge in [-0.3, -0.25) is 4.79 Å². The van der Waals surface area contributed by atoms with Gasteiger partial charge in [0.05, 0.1) is 6.04 Å². The van der Waals surface area contributed by atoms with Crippen molar-refractivity contribution in [2.24, 2.45) is 11.1 Å². The molecule has 0 aliphatic carbocycles. The molecule has 0 aliphatic rings. The number of carbonyl (C=O) groups excluding carboxylic acids is 2. The van der Waals surface area contributed by atoms with E-state index >= 15 is 0 Å². The molecule has 0 saturated carbocycles. The predicted octanol–water partition coefficient (Wildman–Crippen LogP) is 1.05. The number of Topliss-reactive ketones (excluding diaryl/α,β-unsaturated/α-hetero) is 1. The van der Waals surface area contributed by atoms with Crippen LogP contribution < -0.4 is 11.1 Å². The van der Waals surface area contributed by atoms with E-state index in [0.717, 1.165) is 0 Å². The summed E-state index contributed by atoms with van der Waals surface area (Å²) in [4.78, 5) is 22.2. The Morgan fingerprint density at radius 2 is 1.85 bits per heavy atom. The first-order chi connectivity index (χ1) is 5.79. The van der Waals surface area contributed by atoms with Crippen molar-refractivity contribution < 1.29 is 9.59 Å². The van der Waals surface area contributed by atoms with Gasteiger partial charge < -0.3 is 11.1 Å². The van der Waals surface area contributed by atoms with Gasteiger partial charge in [0, 0.05) is 5.41 Å². The van der Waals surface area contributed by atoms with E-state index in [4.69, 9.17) is 5.73 Å². The van der Waals surface area contributed by atoms with Crippen LogP contribution in [0.2, 0.25) is 0 Å². The molecule has 4 nitrogen and oxygen atoms in total. The molecule has 76 valence electrons. The van der Waals surface area contributed by atoms with Crippen molar-refractivity contribution in [2.45, 2.75) is 40.2 Å².